The van der Waals surface area contributed by atoms with Gasteiger partial charge in [-0.25, -0.2) is 9.78 Å². The van der Waals surface area contributed by atoms with Crippen LogP contribution in [0.1, 0.15) is 31.3 Å². The van der Waals surface area contributed by atoms with E-state index in [0.717, 1.165) is 12.1 Å². The molecule has 3 rings (SSSR count). The van der Waals surface area contributed by atoms with Gasteiger partial charge in [-0.3, -0.25) is 9.36 Å². The van der Waals surface area contributed by atoms with E-state index in [0.29, 0.717) is 16.7 Å². The third kappa shape index (κ3) is 5.33. The van der Waals surface area contributed by atoms with Gasteiger partial charge in [0.15, 0.2) is 0 Å². The van der Waals surface area contributed by atoms with Gasteiger partial charge in [-0.05, 0) is 50.2 Å². The lowest BCUT2D eigenvalue weighted by molar-refractivity contribution is -0.137. The predicted molar refractivity (Wildman–Crippen MR) is 119 cm³/mol. The number of aromatic nitrogens is 2. The summed E-state index contributed by atoms with van der Waals surface area (Å²) in [5.74, 6) is 0.389. The lowest BCUT2D eigenvalue weighted by Crippen LogP contribution is -2.40. The Morgan fingerprint density at radius 2 is 1.85 bits per heavy atom. The molecule has 0 saturated heterocycles. The zero-order valence-corrected chi connectivity index (χ0v) is 18.5. The Kier molecular flexibility index (Phi) is 7.37. The summed E-state index contributed by atoms with van der Waals surface area (Å²) >= 11 is 0. The van der Waals surface area contributed by atoms with E-state index in [1.807, 2.05) is 0 Å². The largest absolute Gasteiger partial charge is 0.416 e. The minimum absolute atomic E-state index is 0.224. The maximum Gasteiger partial charge on any atom is 0.416 e. The fraction of sp³-hybridized carbons (Fsp3) is 0.348. The predicted octanol–water partition coefficient (Wildman–Crippen LogP) is 4.68. The number of ether oxygens (including phenoxy) is 1. The first kappa shape index (κ1) is 24.2. The van der Waals surface area contributed by atoms with Crippen molar-refractivity contribution >= 4 is 22.6 Å². The summed E-state index contributed by atoms with van der Waals surface area (Å²) in [7, 11) is 1.53. The smallest absolute Gasteiger partial charge is 0.383 e. The van der Waals surface area contributed by atoms with Crippen molar-refractivity contribution in [1.29, 1.82) is 0 Å². The third-order valence-corrected chi connectivity index (χ3v) is 5.32. The molecule has 0 fully saturated rings. The molecule has 1 atom stereocenters. The molecule has 0 radical (unpaired) electrons. The van der Waals surface area contributed by atoms with Crippen LogP contribution >= 0.6 is 0 Å². The van der Waals surface area contributed by atoms with E-state index in [1.165, 1.54) is 28.7 Å². The first-order valence-corrected chi connectivity index (χ1v) is 10.4. The van der Waals surface area contributed by atoms with Gasteiger partial charge >= 0.3 is 12.2 Å². The van der Waals surface area contributed by atoms with E-state index in [2.05, 4.69) is 10.3 Å². The molecule has 1 heterocycles. The third-order valence-electron chi connectivity index (χ3n) is 5.32. The molecule has 2 amide bonds. The molecule has 2 aromatic carbocycles. The minimum Gasteiger partial charge on any atom is -0.383 e. The zero-order chi connectivity index (χ0) is 24.2. The molecule has 7 nitrogen and oxygen atoms in total. The average molecular weight is 462 g/mol. The van der Waals surface area contributed by atoms with Crippen LogP contribution in [0.4, 0.5) is 23.7 Å². The van der Waals surface area contributed by atoms with Gasteiger partial charge in [0.1, 0.15) is 5.82 Å². The normalized spacial score (nSPS) is 12.5. The molecule has 0 aliphatic rings. The number of fused-ring (bicyclic) bond motifs is 1. The van der Waals surface area contributed by atoms with Crippen LogP contribution in [0.15, 0.2) is 53.3 Å². The van der Waals surface area contributed by atoms with Crippen molar-refractivity contribution in [3.05, 3.63) is 70.3 Å². The maximum absolute atomic E-state index is 13.1. The van der Waals surface area contributed by atoms with Crippen molar-refractivity contribution < 1.29 is 22.7 Å². The Labute approximate surface area is 188 Å². The topological polar surface area (TPSA) is 76.5 Å². The van der Waals surface area contributed by atoms with Crippen molar-refractivity contribution in [3.8, 4) is 0 Å². The van der Waals surface area contributed by atoms with E-state index >= 15 is 0 Å². The van der Waals surface area contributed by atoms with Crippen LogP contribution in [0.3, 0.4) is 0 Å². The second-order valence-corrected chi connectivity index (χ2v) is 7.40. The molecule has 10 heteroatoms. The molecule has 0 saturated carbocycles. The molecule has 176 valence electrons. The first-order chi connectivity index (χ1) is 15.7. The van der Waals surface area contributed by atoms with E-state index in [-0.39, 0.29) is 30.9 Å². The number of benzene rings is 2. The van der Waals surface area contributed by atoms with Crippen LogP contribution in [0.2, 0.25) is 0 Å². The van der Waals surface area contributed by atoms with E-state index < -0.39 is 23.8 Å². The highest BCUT2D eigenvalue weighted by atomic mass is 19.4. The number of hydrogen-bond acceptors (Lipinski definition) is 4. The van der Waals surface area contributed by atoms with Crippen LogP contribution in [-0.4, -0.2) is 40.7 Å². The summed E-state index contributed by atoms with van der Waals surface area (Å²) in [6.45, 7) is 4.33. The number of hydrogen-bond donors (Lipinski definition) is 1. The van der Waals surface area contributed by atoms with Gasteiger partial charge in [0.25, 0.3) is 5.56 Å². The molecule has 0 bridgehead atoms. The highest BCUT2D eigenvalue weighted by Gasteiger charge is 2.30. The molecule has 0 aliphatic heterocycles. The average Bonchev–Trinajstić information content (AvgIpc) is 2.78. The molecule has 1 N–H and O–H groups in total. The number of alkyl halides is 3. The number of halogens is 3. The number of nitrogens with zero attached hydrogens (tertiary/aromatic N) is 3. The Morgan fingerprint density at radius 3 is 2.45 bits per heavy atom. The number of para-hydroxylation sites is 1. The van der Waals surface area contributed by atoms with E-state index in [1.54, 1.807) is 38.1 Å². The second-order valence-electron chi connectivity index (χ2n) is 7.40. The van der Waals surface area contributed by atoms with Crippen LogP contribution < -0.4 is 10.9 Å². The molecular weight excluding hydrogens is 437 g/mol. The second kappa shape index (κ2) is 10.0. The van der Waals surface area contributed by atoms with Crippen LogP contribution in [0, 0.1) is 0 Å². The number of rotatable bonds is 7. The van der Waals surface area contributed by atoms with Crippen LogP contribution in [0.25, 0.3) is 10.9 Å². The molecule has 3 aromatic rings. The number of methoxy groups -OCH3 is 1. The summed E-state index contributed by atoms with van der Waals surface area (Å²) in [6, 6.07) is 10.0. The maximum atomic E-state index is 13.1. The van der Waals surface area contributed by atoms with Gasteiger partial charge in [-0.2, -0.15) is 13.2 Å². The molecule has 1 unspecified atom stereocenters. The quantitative estimate of drug-likeness (QED) is 0.553. The Hall–Kier alpha value is -3.40. The van der Waals surface area contributed by atoms with Crippen molar-refractivity contribution in [3.63, 3.8) is 0 Å². The lowest BCUT2D eigenvalue weighted by Gasteiger charge is -2.29. The molecule has 0 spiro atoms. The summed E-state index contributed by atoms with van der Waals surface area (Å²) < 4.78 is 45.0. The number of carbonyl (C=O) groups is 1. The van der Waals surface area contributed by atoms with Crippen LogP contribution in [0.5, 0.6) is 0 Å². The number of amides is 2. The fourth-order valence-electron chi connectivity index (χ4n) is 3.57. The molecule has 33 heavy (non-hydrogen) atoms. The number of urea groups is 1. The van der Waals surface area contributed by atoms with Gasteiger partial charge in [0.2, 0.25) is 0 Å². The minimum atomic E-state index is -4.46. The van der Waals surface area contributed by atoms with Gasteiger partial charge in [-0.15, -0.1) is 0 Å². The Bertz CT molecular complexity index is 1180. The summed E-state index contributed by atoms with van der Waals surface area (Å²) in [6.07, 6.45) is -4.46. The lowest BCUT2D eigenvalue weighted by atomic mass is 10.2. The first-order valence-electron chi connectivity index (χ1n) is 10.4. The summed E-state index contributed by atoms with van der Waals surface area (Å²) in [5, 5.41) is 3.08. The molecule has 0 aliphatic carbocycles. The van der Waals surface area contributed by atoms with Crippen molar-refractivity contribution in [2.75, 3.05) is 25.6 Å². The Morgan fingerprint density at radius 1 is 1.18 bits per heavy atom. The highest BCUT2D eigenvalue weighted by molar-refractivity contribution is 5.89. The number of carbonyl (C=O) groups excluding carboxylic acids is 1. The fourth-order valence-corrected chi connectivity index (χ4v) is 3.57. The molecule has 1 aromatic heterocycles. The highest BCUT2D eigenvalue weighted by Crippen LogP contribution is 2.30. The summed E-state index contributed by atoms with van der Waals surface area (Å²) in [4.78, 5) is 32.2. The van der Waals surface area contributed by atoms with E-state index in [4.69, 9.17) is 4.74 Å². The van der Waals surface area contributed by atoms with E-state index in [9.17, 15) is 22.8 Å². The van der Waals surface area contributed by atoms with Gasteiger partial charge in [0.05, 0.1) is 35.7 Å². The zero-order valence-electron chi connectivity index (χ0n) is 18.5. The van der Waals surface area contributed by atoms with Crippen molar-refractivity contribution in [2.45, 2.75) is 32.6 Å². The number of nitrogens with one attached hydrogen (secondary N) is 1. The van der Waals surface area contributed by atoms with Gasteiger partial charge in [-0.1, -0.05) is 12.1 Å². The van der Waals surface area contributed by atoms with Crippen molar-refractivity contribution in [2.24, 2.45) is 0 Å². The standard InChI is InChI=1S/C23H25F3N4O3/c1-4-29(22(32)27-17-11-9-16(10-12-17)23(24,25)26)15(2)20-28-19-8-6-5-7-18(19)21(31)30(20)13-14-33-3/h5-12,15H,4,13-14H2,1-3H3,(H,27,32). The van der Waals surface area contributed by atoms with Gasteiger partial charge < -0.3 is 15.0 Å². The SMILES string of the molecule is CCN(C(=O)Nc1ccc(C(F)(F)F)cc1)C(C)c1nc2ccccc2c(=O)n1CCOC. The van der Waals surface area contributed by atoms with Crippen LogP contribution in [-0.2, 0) is 17.5 Å². The monoisotopic (exact) mass is 462 g/mol. The molecular formula is C23H25F3N4O3. The summed E-state index contributed by atoms with van der Waals surface area (Å²) in [5.41, 5.74) is -0.304. The Balaban J connectivity index is 1.92. The number of anilines is 1. The van der Waals surface area contributed by atoms with Crippen molar-refractivity contribution in [1.82, 2.24) is 14.5 Å². The van der Waals surface area contributed by atoms with Gasteiger partial charge in [0, 0.05) is 19.3 Å².